The smallest absolute Gasteiger partial charge is 0.204 e. The van der Waals surface area contributed by atoms with Crippen LogP contribution in [0.1, 0.15) is 63.6 Å². The fourth-order valence-electron chi connectivity index (χ4n) is 3.77. The van der Waals surface area contributed by atoms with Gasteiger partial charge >= 0.3 is 0 Å². The third kappa shape index (κ3) is 8.33. The molecule has 0 saturated carbocycles. The zero-order chi connectivity index (χ0) is 25.5. The molecular weight excluding hydrogens is 448 g/mol. The summed E-state index contributed by atoms with van der Waals surface area (Å²) in [5, 5.41) is 0.724. The molecule has 1 aliphatic heterocycles. The number of carbonyl (C=O) groups is 1. The second-order valence-electron chi connectivity index (χ2n) is 7.67. The second kappa shape index (κ2) is 16.1. The van der Waals surface area contributed by atoms with Gasteiger partial charge in [0.15, 0.2) is 0 Å². The highest BCUT2D eigenvalue weighted by molar-refractivity contribution is 6.30. The molecular formula is C27H41ClN4O2. The number of benzene rings is 1. The molecule has 6 nitrogen and oxygen atoms in total. The van der Waals surface area contributed by atoms with Crippen LogP contribution in [0.3, 0.4) is 0 Å². The number of hydrogen-bond acceptors (Lipinski definition) is 4. The lowest BCUT2D eigenvalue weighted by Gasteiger charge is -2.30. The van der Waals surface area contributed by atoms with Crippen LogP contribution in [0.4, 0.5) is 5.69 Å². The number of pyridine rings is 1. The topological polar surface area (TPSA) is 72.9 Å². The van der Waals surface area contributed by atoms with Crippen molar-refractivity contribution in [2.24, 2.45) is 5.73 Å². The number of hydrogen-bond donors (Lipinski definition) is 1. The van der Waals surface area contributed by atoms with Gasteiger partial charge in [-0.15, -0.1) is 0 Å². The number of primary amides is 1. The summed E-state index contributed by atoms with van der Waals surface area (Å²) in [7, 11) is 0. The molecule has 2 N–H and O–H groups in total. The number of ether oxygens (including phenoxy) is 1. The lowest BCUT2D eigenvalue weighted by molar-refractivity contribution is -0.106. The second-order valence-corrected chi connectivity index (χ2v) is 8.11. The third-order valence-electron chi connectivity index (χ3n) is 5.09. The van der Waals surface area contributed by atoms with E-state index in [9.17, 15) is 0 Å². The average molecular weight is 489 g/mol. The molecule has 1 aromatic carbocycles. The summed E-state index contributed by atoms with van der Waals surface area (Å²) in [4.78, 5) is 15.8. The molecule has 1 amide bonds. The van der Waals surface area contributed by atoms with Gasteiger partial charge in [0.25, 0.3) is 0 Å². The van der Waals surface area contributed by atoms with E-state index in [0.717, 1.165) is 55.5 Å². The number of halogens is 1. The summed E-state index contributed by atoms with van der Waals surface area (Å²) >= 11 is 6.13. The number of aryl methyl sites for hydroxylation is 2. The van der Waals surface area contributed by atoms with Crippen LogP contribution < -0.4 is 10.6 Å². The molecule has 3 aromatic rings. The van der Waals surface area contributed by atoms with Crippen LogP contribution in [-0.2, 0) is 22.4 Å². The lowest BCUT2D eigenvalue weighted by Crippen LogP contribution is -2.36. The summed E-state index contributed by atoms with van der Waals surface area (Å²) in [5.41, 5.74) is 11.4. The summed E-state index contributed by atoms with van der Waals surface area (Å²) in [6.45, 7) is 16.2. The molecule has 0 bridgehead atoms. The first-order chi connectivity index (χ1) is 16.5. The summed E-state index contributed by atoms with van der Waals surface area (Å²) in [6.07, 6.45) is 5.31. The minimum Gasteiger partial charge on any atom is -0.378 e. The van der Waals surface area contributed by atoms with E-state index in [1.54, 1.807) is 0 Å². The van der Waals surface area contributed by atoms with Crippen molar-refractivity contribution in [3.63, 3.8) is 0 Å². The van der Waals surface area contributed by atoms with Crippen molar-refractivity contribution in [2.75, 3.05) is 31.2 Å². The molecule has 7 heteroatoms. The van der Waals surface area contributed by atoms with Crippen molar-refractivity contribution < 1.29 is 9.53 Å². The predicted molar refractivity (Wildman–Crippen MR) is 144 cm³/mol. The van der Waals surface area contributed by atoms with Gasteiger partial charge in [-0.1, -0.05) is 64.8 Å². The number of morpholine rings is 1. The molecule has 1 aliphatic rings. The Balaban J connectivity index is 0.000000643. The van der Waals surface area contributed by atoms with Crippen molar-refractivity contribution >= 4 is 29.3 Å². The maximum atomic E-state index is 8.58. The molecule has 0 radical (unpaired) electrons. The quantitative estimate of drug-likeness (QED) is 0.469. The SMILES string of the molecule is CC.CCC.CCc1nc2cc(Cl)ccn2c1Cc1ccc(N2CCOCC2)c(C)c1.NC=O. The van der Waals surface area contributed by atoms with Crippen LogP contribution in [0, 0.1) is 6.92 Å². The van der Waals surface area contributed by atoms with Gasteiger partial charge in [-0.3, -0.25) is 4.79 Å². The number of aromatic nitrogens is 2. The average Bonchev–Trinajstić information content (AvgIpc) is 3.18. The van der Waals surface area contributed by atoms with Gasteiger partial charge < -0.3 is 19.8 Å². The first-order valence-corrected chi connectivity index (χ1v) is 12.6. The van der Waals surface area contributed by atoms with E-state index in [1.807, 2.05) is 32.2 Å². The Morgan fingerprint density at radius 3 is 2.29 bits per heavy atom. The van der Waals surface area contributed by atoms with E-state index in [-0.39, 0.29) is 6.41 Å². The zero-order valence-corrected chi connectivity index (χ0v) is 22.4. The number of amides is 1. The van der Waals surface area contributed by atoms with E-state index >= 15 is 0 Å². The maximum absolute atomic E-state index is 8.58. The van der Waals surface area contributed by atoms with Crippen molar-refractivity contribution in [3.05, 3.63) is 64.1 Å². The molecule has 1 saturated heterocycles. The Kier molecular flexibility index (Phi) is 14.0. The van der Waals surface area contributed by atoms with Gasteiger partial charge in [-0.25, -0.2) is 4.98 Å². The van der Waals surface area contributed by atoms with Crippen molar-refractivity contribution in [1.82, 2.24) is 9.38 Å². The Hall–Kier alpha value is -2.57. The predicted octanol–water partition coefficient (Wildman–Crippen LogP) is 5.83. The van der Waals surface area contributed by atoms with Crippen molar-refractivity contribution in [2.45, 2.75) is 60.8 Å². The molecule has 34 heavy (non-hydrogen) atoms. The van der Waals surface area contributed by atoms with E-state index < -0.39 is 0 Å². The van der Waals surface area contributed by atoms with Gasteiger partial charge in [0.05, 0.1) is 18.9 Å². The number of fused-ring (bicyclic) bond motifs is 1. The van der Waals surface area contributed by atoms with Gasteiger partial charge in [0.2, 0.25) is 6.41 Å². The van der Waals surface area contributed by atoms with Crippen LogP contribution in [0.5, 0.6) is 0 Å². The molecule has 0 spiro atoms. The van der Waals surface area contributed by atoms with Crippen LogP contribution in [-0.4, -0.2) is 42.1 Å². The minimum absolute atomic E-state index is 0.250. The molecule has 4 rings (SSSR count). The largest absolute Gasteiger partial charge is 0.378 e. The maximum Gasteiger partial charge on any atom is 0.204 e. The fraction of sp³-hybridized carbons (Fsp3) is 0.481. The standard InChI is InChI=1S/C21H24ClN3O.C3H8.C2H6.CH3NO/c1-3-18-20(25-7-6-17(22)14-21(25)23-18)13-16-4-5-19(15(2)12-16)24-8-10-26-11-9-24;1-3-2;1-2;2-1-3/h4-7,12,14H,3,8-11,13H2,1-2H3;3H2,1-2H3;1-2H3;1H,(H2,2,3). The summed E-state index contributed by atoms with van der Waals surface area (Å²) in [6, 6.07) is 10.6. The summed E-state index contributed by atoms with van der Waals surface area (Å²) in [5.74, 6) is 0. The van der Waals surface area contributed by atoms with Crippen LogP contribution in [0.15, 0.2) is 36.5 Å². The molecule has 2 aromatic heterocycles. The lowest BCUT2D eigenvalue weighted by atomic mass is 10.0. The van der Waals surface area contributed by atoms with Crippen molar-refractivity contribution in [1.29, 1.82) is 0 Å². The summed E-state index contributed by atoms with van der Waals surface area (Å²) < 4.78 is 7.63. The van der Waals surface area contributed by atoms with E-state index in [0.29, 0.717) is 0 Å². The highest BCUT2D eigenvalue weighted by Gasteiger charge is 2.15. The molecule has 3 heterocycles. The molecule has 1 fully saturated rings. The Morgan fingerprint density at radius 1 is 1.12 bits per heavy atom. The third-order valence-corrected chi connectivity index (χ3v) is 5.32. The highest BCUT2D eigenvalue weighted by atomic mass is 35.5. The van der Waals surface area contributed by atoms with E-state index in [2.05, 4.69) is 60.9 Å². The Morgan fingerprint density at radius 2 is 1.74 bits per heavy atom. The molecule has 0 aliphatic carbocycles. The van der Waals surface area contributed by atoms with Gasteiger partial charge in [0.1, 0.15) is 5.65 Å². The number of anilines is 1. The first-order valence-electron chi connectivity index (χ1n) is 12.2. The van der Waals surface area contributed by atoms with Gasteiger partial charge in [0, 0.05) is 48.2 Å². The van der Waals surface area contributed by atoms with Gasteiger partial charge in [-0.2, -0.15) is 0 Å². The number of carbonyl (C=O) groups excluding carboxylic acids is 1. The molecule has 188 valence electrons. The number of imidazole rings is 1. The van der Waals surface area contributed by atoms with Crippen LogP contribution in [0.25, 0.3) is 5.65 Å². The normalized spacial score (nSPS) is 12.5. The number of rotatable bonds is 4. The fourth-order valence-corrected chi connectivity index (χ4v) is 3.92. The van der Waals surface area contributed by atoms with E-state index in [1.165, 1.54) is 28.9 Å². The van der Waals surface area contributed by atoms with Crippen molar-refractivity contribution in [3.8, 4) is 0 Å². The van der Waals surface area contributed by atoms with Gasteiger partial charge in [-0.05, 0) is 36.6 Å². The van der Waals surface area contributed by atoms with Crippen LogP contribution in [0.2, 0.25) is 5.02 Å². The van der Waals surface area contributed by atoms with Crippen LogP contribution >= 0.6 is 11.6 Å². The molecule has 0 atom stereocenters. The zero-order valence-electron chi connectivity index (χ0n) is 21.6. The Bertz CT molecular complexity index is 998. The highest BCUT2D eigenvalue weighted by Crippen LogP contribution is 2.25. The Labute approximate surface area is 210 Å². The molecule has 0 unspecified atom stereocenters. The van der Waals surface area contributed by atoms with E-state index in [4.69, 9.17) is 26.1 Å². The number of nitrogens with zero attached hydrogens (tertiary/aromatic N) is 3. The monoisotopic (exact) mass is 488 g/mol. The minimum atomic E-state index is 0.250. The number of nitrogens with two attached hydrogens (primary N) is 1. The first kappa shape index (κ1) is 29.5.